The van der Waals surface area contributed by atoms with Crippen molar-refractivity contribution >= 4 is 24.2 Å². The van der Waals surface area contributed by atoms with E-state index in [1.807, 2.05) is 24.3 Å². The van der Waals surface area contributed by atoms with Gasteiger partial charge in [0.25, 0.3) is 0 Å². The Morgan fingerprint density at radius 2 is 2.00 bits per heavy atom. The van der Waals surface area contributed by atoms with E-state index in [-0.39, 0.29) is 5.91 Å². The number of unbranched alkanes of at least 4 members (excludes halogenated alkanes) is 5. The number of tetrazole rings is 1. The predicted octanol–water partition coefficient (Wildman–Crippen LogP) is 3.91. The maximum absolute atomic E-state index is 12.0. The van der Waals surface area contributed by atoms with Crippen molar-refractivity contribution in [2.75, 3.05) is 5.32 Å². The van der Waals surface area contributed by atoms with E-state index in [0.717, 1.165) is 24.2 Å². The molecule has 1 radical (unpaired) electrons. The van der Waals surface area contributed by atoms with Crippen LogP contribution in [0.4, 0.5) is 5.69 Å². The van der Waals surface area contributed by atoms with Crippen LogP contribution in [0.2, 0.25) is 0 Å². The molecule has 0 aliphatic heterocycles. The summed E-state index contributed by atoms with van der Waals surface area (Å²) in [5, 5.41) is 14.2. The van der Waals surface area contributed by atoms with E-state index in [1.165, 1.54) is 30.4 Å². The number of rotatable bonds is 9. The number of carbonyl (C=O) groups is 1. The van der Waals surface area contributed by atoms with Gasteiger partial charge in [0.1, 0.15) is 0 Å². The highest BCUT2D eigenvalue weighted by Gasteiger charge is 2.07. The van der Waals surface area contributed by atoms with E-state index in [1.54, 1.807) is 0 Å². The van der Waals surface area contributed by atoms with Crippen LogP contribution in [0, 0.1) is 0 Å². The molecule has 6 nitrogen and oxygen atoms in total. The first-order chi connectivity index (χ1) is 11.2. The average molecular weight is 332 g/mol. The van der Waals surface area contributed by atoms with Gasteiger partial charge in [0, 0.05) is 12.1 Å². The predicted molar refractivity (Wildman–Crippen MR) is 91.6 cm³/mol. The summed E-state index contributed by atoms with van der Waals surface area (Å²) in [6.45, 7) is 2.20. The molecule has 123 valence electrons. The minimum atomic E-state index is 0.0351. The number of benzene rings is 1. The Morgan fingerprint density at radius 3 is 2.74 bits per heavy atom. The zero-order valence-electron chi connectivity index (χ0n) is 13.4. The van der Waals surface area contributed by atoms with Gasteiger partial charge < -0.3 is 5.32 Å². The van der Waals surface area contributed by atoms with Crippen molar-refractivity contribution in [3.05, 3.63) is 24.3 Å². The van der Waals surface area contributed by atoms with Gasteiger partial charge in [-0.05, 0) is 47.7 Å². The smallest absolute Gasteiger partial charge is 0.244 e. The van der Waals surface area contributed by atoms with Crippen LogP contribution in [0.15, 0.2) is 29.4 Å². The van der Waals surface area contributed by atoms with Gasteiger partial charge in [0.05, 0.1) is 5.69 Å². The highest BCUT2D eigenvalue weighted by molar-refractivity contribution is 7.80. The molecule has 0 saturated carbocycles. The molecule has 0 unspecified atom stereocenters. The van der Waals surface area contributed by atoms with Crippen molar-refractivity contribution in [2.24, 2.45) is 0 Å². The Morgan fingerprint density at radius 1 is 1.22 bits per heavy atom. The minimum Gasteiger partial charge on any atom is -0.326 e. The van der Waals surface area contributed by atoms with E-state index < -0.39 is 0 Å². The second kappa shape index (κ2) is 9.19. The Kier molecular flexibility index (Phi) is 6.93. The lowest BCUT2D eigenvalue weighted by Crippen LogP contribution is -2.11. The zero-order chi connectivity index (χ0) is 16.5. The van der Waals surface area contributed by atoms with Crippen LogP contribution in [0.5, 0.6) is 0 Å². The van der Waals surface area contributed by atoms with Crippen LogP contribution in [0.3, 0.4) is 0 Å². The molecule has 0 spiro atoms. The molecular formula is C16H22N5OS. The third-order valence-electron chi connectivity index (χ3n) is 3.57. The maximum atomic E-state index is 12.0. The lowest BCUT2D eigenvalue weighted by atomic mass is 10.1. The van der Waals surface area contributed by atoms with Crippen molar-refractivity contribution < 1.29 is 4.79 Å². The molecule has 0 saturated heterocycles. The van der Waals surface area contributed by atoms with Crippen molar-refractivity contribution in [3.8, 4) is 5.69 Å². The van der Waals surface area contributed by atoms with Crippen LogP contribution < -0.4 is 5.32 Å². The second-order valence-electron chi connectivity index (χ2n) is 5.49. The fraction of sp³-hybridized carbons (Fsp3) is 0.500. The number of amides is 1. The second-order valence-corrected chi connectivity index (χ2v) is 5.85. The molecular weight excluding hydrogens is 310 g/mol. The molecule has 23 heavy (non-hydrogen) atoms. The topological polar surface area (TPSA) is 72.7 Å². The Labute approximate surface area is 142 Å². The van der Waals surface area contributed by atoms with Gasteiger partial charge in [-0.1, -0.05) is 50.2 Å². The Balaban J connectivity index is 1.81. The standard InChI is InChI=1S/C16H22N5OS/c1-2-3-4-5-6-7-11-15(22)17-13-9-8-10-14(12-13)21-16(23)18-19-20-21/h8-10,12H,2-7,11H2,1H3,(H,17,22). The molecule has 0 aliphatic rings. The van der Waals surface area contributed by atoms with Gasteiger partial charge >= 0.3 is 0 Å². The molecule has 1 heterocycles. The lowest BCUT2D eigenvalue weighted by molar-refractivity contribution is -0.116. The van der Waals surface area contributed by atoms with E-state index in [2.05, 4.69) is 27.8 Å². The number of hydrogen-bond donors (Lipinski definition) is 1. The molecule has 2 aromatic rings. The first-order valence-corrected chi connectivity index (χ1v) is 8.47. The fourth-order valence-corrected chi connectivity index (χ4v) is 2.52. The lowest BCUT2D eigenvalue weighted by Gasteiger charge is -2.07. The van der Waals surface area contributed by atoms with Gasteiger partial charge in [0.15, 0.2) is 0 Å². The minimum absolute atomic E-state index is 0.0351. The van der Waals surface area contributed by atoms with E-state index in [9.17, 15) is 4.79 Å². The van der Waals surface area contributed by atoms with Gasteiger partial charge in [-0.25, -0.2) is 0 Å². The summed E-state index contributed by atoms with van der Waals surface area (Å²) >= 11 is 5.04. The van der Waals surface area contributed by atoms with Crippen LogP contribution in [0.25, 0.3) is 5.69 Å². The van der Waals surface area contributed by atoms with Crippen LogP contribution >= 0.6 is 12.6 Å². The number of hydrogen-bond acceptors (Lipinski definition) is 4. The molecule has 1 N–H and O–H groups in total. The molecule has 7 heteroatoms. The molecule has 1 amide bonds. The summed E-state index contributed by atoms with van der Waals surface area (Å²) in [6, 6.07) is 7.34. The zero-order valence-corrected chi connectivity index (χ0v) is 14.2. The third-order valence-corrected chi connectivity index (χ3v) is 3.83. The fourth-order valence-electron chi connectivity index (χ4n) is 2.35. The molecule has 0 bridgehead atoms. The molecule has 1 aromatic heterocycles. The SMILES string of the molecule is CCCCCCCCC(=O)Nc1cccc(-n2nnnc2[S])c1. The third kappa shape index (κ3) is 5.59. The molecule has 0 atom stereocenters. The van der Waals surface area contributed by atoms with Gasteiger partial charge in [-0.15, -0.1) is 0 Å². The monoisotopic (exact) mass is 332 g/mol. The summed E-state index contributed by atoms with van der Waals surface area (Å²) in [4.78, 5) is 12.0. The average Bonchev–Trinajstić information content (AvgIpc) is 2.97. The summed E-state index contributed by atoms with van der Waals surface area (Å²) in [5.41, 5.74) is 1.46. The van der Waals surface area contributed by atoms with E-state index >= 15 is 0 Å². The van der Waals surface area contributed by atoms with Crippen LogP contribution in [0.1, 0.15) is 51.9 Å². The van der Waals surface area contributed by atoms with E-state index in [0.29, 0.717) is 11.6 Å². The first kappa shape index (κ1) is 17.3. The summed E-state index contributed by atoms with van der Waals surface area (Å²) in [6.07, 6.45) is 7.57. The number of anilines is 1. The van der Waals surface area contributed by atoms with Crippen LogP contribution in [-0.2, 0) is 4.79 Å². The first-order valence-electron chi connectivity index (χ1n) is 8.06. The molecule has 0 aliphatic carbocycles. The largest absolute Gasteiger partial charge is 0.326 e. The number of carbonyl (C=O) groups excluding carboxylic acids is 1. The molecule has 0 fully saturated rings. The van der Waals surface area contributed by atoms with Crippen molar-refractivity contribution in [1.29, 1.82) is 0 Å². The van der Waals surface area contributed by atoms with Crippen molar-refractivity contribution in [2.45, 2.75) is 57.0 Å². The van der Waals surface area contributed by atoms with Gasteiger partial charge in [0.2, 0.25) is 11.1 Å². The Bertz CT molecular complexity index is 628. The number of nitrogens with zero attached hydrogens (tertiary/aromatic N) is 4. The molecule has 1 aromatic carbocycles. The summed E-state index contributed by atoms with van der Waals surface area (Å²) in [5.74, 6) is 0.0351. The van der Waals surface area contributed by atoms with Crippen molar-refractivity contribution in [1.82, 2.24) is 20.2 Å². The van der Waals surface area contributed by atoms with E-state index in [4.69, 9.17) is 12.6 Å². The van der Waals surface area contributed by atoms with Crippen molar-refractivity contribution in [3.63, 3.8) is 0 Å². The maximum Gasteiger partial charge on any atom is 0.244 e. The van der Waals surface area contributed by atoms with Gasteiger partial charge in [-0.3, -0.25) is 4.79 Å². The Hall–Kier alpha value is -2.02. The summed E-state index contributed by atoms with van der Waals surface area (Å²) in [7, 11) is 0. The molecule has 2 rings (SSSR count). The normalized spacial score (nSPS) is 10.7. The van der Waals surface area contributed by atoms with Crippen LogP contribution in [-0.4, -0.2) is 26.1 Å². The summed E-state index contributed by atoms with van der Waals surface area (Å²) < 4.78 is 1.46. The highest BCUT2D eigenvalue weighted by atomic mass is 32.1. The quantitative estimate of drug-likeness (QED) is 0.707. The number of aromatic nitrogens is 4. The highest BCUT2D eigenvalue weighted by Crippen LogP contribution is 2.16. The number of nitrogens with one attached hydrogen (secondary N) is 1. The van der Waals surface area contributed by atoms with Gasteiger partial charge in [-0.2, -0.15) is 4.68 Å².